The Labute approximate surface area is 128 Å². The highest BCUT2D eigenvalue weighted by molar-refractivity contribution is 6.36. The van der Waals surface area contributed by atoms with Crippen LogP contribution in [0.15, 0.2) is 41.3 Å². The number of aromatic nitrogens is 1. The molecule has 0 atom stereocenters. The minimum Gasteiger partial charge on any atom is -0.302 e. The summed E-state index contributed by atoms with van der Waals surface area (Å²) in [7, 11) is 0. The number of carbonyl (C=O) groups excluding carboxylic acids is 1. The number of hydrogen-bond acceptors (Lipinski definition) is 4. The predicted octanol–water partition coefficient (Wildman–Crippen LogP) is 2.95. The summed E-state index contributed by atoms with van der Waals surface area (Å²) in [4.78, 5) is 33.9. The number of nitrogens with zero attached hydrogens (tertiary/aromatic N) is 2. The van der Waals surface area contributed by atoms with Crippen molar-refractivity contribution in [3.05, 3.63) is 72.6 Å². The number of nitro groups is 1. The standard InChI is InChI=1S/C13H8Cl2N2O4/c14-8-3-4-9(10(15)6-8)12(18)7-16-5-1-2-11(13(16)19)17(20)21/h1-6H,7H2. The fourth-order valence-corrected chi connectivity index (χ4v) is 2.26. The van der Waals surface area contributed by atoms with Gasteiger partial charge in [0.15, 0.2) is 5.78 Å². The molecule has 0 saturated carbocycles. The predicted molar refractivity (Wildman–Crippen MR) is 78.1 cm³/mol. The van der Waals surface area contributed by atoms with E-state index in [9.17, 15) is 19.7 Å². The van der Waals surface area contributed by atoms with Crippen molar-refractivity contribution in [2.75, 3.05) is 0 Å². The van der Waals surface area contributed by atoms with E-state index in [1.54, 1.807) is 0 Å². The number of halogens is 2. The monoisotopic (exact) mass is 326 g/mol. The summed E-state index contributed by atoms with van der Waals surface area (Å²) in [6.07, 6.45) is 1.30. The molecular weight excluding hydrogens is 319 g/mol. The van der Waals surface area contributed by atoms with E-state index in [0.29, 0.717) is 5.02 Å². The topological polar surface area (TPSA) is 82.2 Å². The quantitative estimate of drug-likeness (QED) is 0.491. The maximum Gasteiger partial charge on any atom is 0.334 e. The number of carbonyl (C=O) groups is 1. The molecule has 21 heavy (non-hydrogen) atoms. The number of benzene rings is 1. The molecule has 0 aliphatic rings. The Morgan fingerprint density at radius 3 is 2.62 bits per heavy atom. The van der Waals surface area contributed by atoms with Crippen LogP contribution in [0, 0.1) is 10.1 Å². The van der Waals surface area contributed by atoms with Crippen molar-refractivity contribution in [2.45, 2.75) is 6.54 Å². The van der Waals surface area contributed by atoms with Gasteiger partial charge in [-0.2, -0.15) is 0 Å². The average molecular weight is 327 g/mol. The van der Waals surface area contributed by atoms with E-state index >= 15 is 0 Å². The summed E-state index contributed by atoms with van der Waals surface area (Å²) >= 11 is 11.6. The normalized spacial score (nSPS) is 10.4. The van der Waals surface area contributed by atoms with Gasteiger partial charge in [0.2, 0.25) is 0 Å². The first-order valence-corrected chi connectivity index (χ1v) is 6.48. The Hall–Kier alpha value is -2.18. The molecule has 1 heterocycles. The van der Waals surface area contributed by atoms with Crippen LogP contribution < -0.4 is 5.56 Å². The lowest BCUT2D eigenvalue weighted by Gasteiger charge is -2.06. The Bertz CT molecular complexity index is 786. The highest BCUT2D eigenvalue weighted by Crippen LogP contribution is 2.21. The Morgan fingerprint density at radius 1 is 1.29 bits per heavy atom. The van der Waals surface area contributed by atoms with Crippen molar-refractivity contribution < 1.29 is 9.72 Å². The average Bonchev–Trinajstić information content (AvgIpc) is 2.40. The molecule has 0 amide bonds. The third kappa shape index (κ3) is 3.29. The van der Waals surface area contributed by atoms with Gasteiger partial charge in [0.1, 0.15) is 0 Å². The molecule has 0 fully saturated rings. The lowest BCUT2D eigenvalue weighted by molar-refractivity contribution is -0.386. The number of hydrogen-bond donors (Lipinski definition) is 0. The summed E-state index contributed by atoms with van der Waals surface area (Å²) in [5.74, 6) is -0.445. The largest absolute Gasteiger partial charge is 0.334 e. The third-order valence-corrected chi connectivity index (χ3v) is 3.29. The van der Waals surface area contributed by atoms with Gasteiger partial charge in [-0.25, -0.2) is 0 Å². The van der Waals surface area contributed by atoms with Gasteiger partial charge in [-0.05, 0) is 24.3 Å². The fraction of sp³-hybridized carbons (Fsp3) is 0.0769. The molecule has 0 aliphatic carbocycles. The van der Waals surface area contributed by atoms with Gasteiger partial charge in [0.25, 0.3) is 0 Å². The van der Waals surface area contributed by atoms with Gasteiger partial charge in [0, 0.05) is 22.8 Å². The van der Waals surface area contributed by atoms with Gasteiger partial charge in [0.05, 0.1) is 16.5 Å². The third-order valence-electron chi connectivity index (χ3n) is 2.74. The second-order valence-electron chi connectivity index (χ2n) is 4.13. The minimum atomic E-state index is -0.846. The molecule has 108 valence electrons. The van der Waals surface area contributed by atoms with Crippen LogP contribution in [0.1, 0.15) is 10.4 Å². The first-order chi connectivity index (χ1) is 9.90. The summed E-state index contributed by atoms with van der Waals surface area (Å²) in [5.41, 5.74) is -1.24. The van der Waals surface area contributed by atoms with Gasteiger partial charge in [-0.15, -0.1) is 0 Å². The van der Waals surface area contributed by atoms with Crippen LogP contribution >= 0.6 is 23.2 Å². The van der Waals surface area contributed by atoms with E-state index in [2.05, 4.69) is 0 Å². The molecule has 2 aromatic rings. The van der Waals surface area contributed by atoms with E-state index in [-0.39, 0.29) is 17.1 Å². The first kappa shape index (κ1) is 15.2. The van der Waals surface area contributed by atoms with Crippen LogP contribution in [0.2, 0.25) is 10.0 Å². The maximum absolute atomic E-state index is 12.1. The van der Waals surface area contributed by atoms with E-state index in [4.69, 9.17) is 23.2 Å². The van der Waals surface area contributed by atoms with Gasteiger partial charge < -0.3 is 4.57 Å². The SMILES string of the molecule is O=C(Cn1cccc([N+](=O)[O-])c1=O)c1ccc(Cl)cc1Cl. The highest BCUT2D eigenvalue weighted by Gasteiger charge is 2.17. The van der Waals surface area contributed by atoms with Crippen molar-refractivity contribution in [1.29, 1.82) is 0 Å². The first-order valence-electron chi connectivity index (χ1n) is 5.72. The van der Waals surface area contributed by atoms with E-state index in [1.165, 1.54) is 30.5 Å². The zero-order valence-electron chi connectivity index (χ0n) is 10.5. The highest BCUT2D eigenvalue weighted by atomic mass is 35.5. The van der Waals surface area contributed by atoms with Crippen molar-refractivity contribution in [1.82, 2.24) is 4.57 Å². The summed E-state index contributed by atoms with van der Waals surface area (Å²) in [6, 6.07) is 6.76. The Morgan fingerprint density at radius 2 is 2.00 bits per heavy atom. The van der Waals surface area contributed by atoms with Crippen LogP contribution in [-0.4, -0.2) is 15.3 Å². The van der Waals surface area contributed by atoms with E-state index in [0.717, 1.165) is 10.6 Å². The lowest BCUT2D eigenvalue weighted by atomic mass is 10.1. The molecule has 6 nitrogen and oxygen atoms in total. The van der Waals surface area contributed by atoms with Gasteiger partial charge in [-0.3, -0.25) is 19.7 Å². The molecule has 1 aromatic carbocycles. The van der Waals surface area contributed by atoms with Crippen LogP contribution in [0.3, 0.4) is 0 Å². The van der Waals surface area contributed by atoms with Gasteiger partial charge >= 0.3 is 11.2 Å². The summed E-state index contributed by atoms with van der Waals surface area (Å²) < 4.78 is 0.964. The number of pyridine rings is 1. The van der Waals surface area contributed by atoms with Crippen LogP contribution in [-0.2, 0) is 6.54 Å². The van der Waals surface area contributed by atoms with Crippen molar-refractivity contribution >= 4 is 34.7 Å². The fourth-order valence-electron chi connectivity index (χ4n) is 1.74. The summed E-state index contributed by atoms with van der Waals surface area (Å²) in [5, 5.41) is 11.2. The molecule has 0 unspecified atom stereocenters. The maximum atomic E-state index is 12.1. The van der Waals surface area contributed by atoms with Crippen molar-refractivity contribution in [3.8, 4) is 0 Å². The molecule has 0 saturated heterocycles. The van der Waals surface area contributed by atoms with Crippen LogP contribution in [0.4, 0.5) is 5.69 Å². The Balaban J connectivity index is 2.34. The molecule has 0 bridgehead atoms. The molecule has 0 aliphatic heterocycles. The smallest absolute Gasteiger partial charge is 0.302 e. The minimum absolute atomic E-state index is 0.158. The number of Topliss-reactive ketones (excluding diaryl/α,β-unsaturated/α-hetero) is 1. The molecule has 0 spiro atoms. The zero-order valence-corrected chi connectivity index (χ0v) is 12.0. The molecule has 2 rings (SSSR count). The zero-order chi connectivity index (χ0) is 15.6. The van der Waals surface area contributed by atoms with Crippen LogP contribution in [0.25, 0.3) is 0 Å². The number of ketones is 1. The molecular formula is C13H8Cl2N2O4. The molecule has 8 heteroatoms. The Kier molecular flexibility index (Phi) is 4.40. The van der Waals surface area contributed by atoms with Crippen LogP contribution in [0.5, 0.6) is 0 Å². The molecule has 1 aromatic heterocycles. The van der Waals surface area contributed by atoms with Crippen molar-refractivity contribution in [3.63, 3.8) is 0 Å². The van der Waals surface area contributed by atoms with Gasteiger partial charge in [-0.1, -0.05) is 23.2 Å². The molecule has 0 N–H and O–H groups in total. The lowest BCUT2D eigenvalue weighted by Crippen LogP contribution is -2.25. The second-order valence-corrected chi connectivity index (χ2v) is 4.97. The molecule has 0 radical (unpaired) electrons. The second kappa shape index (κ2) is 6.07. The van der Waals surface area contributed by atoms with Crippen molar-refractivity contribution in [2.24, 2.45) is 0 Å². The van der Waals surface area contributed by atoms with E-state index < -0.39 is 22.0 Å². The van der Waals surface area contributed by atoms with E-state index in [1.807, 2.05) is 0 Å². The summed E-state index contributed by atoms with van der Waals surface area (Å²) in [6.45, 7) is -0.345. The number of rotatable bonds is 4.